The van der Waals surface area contributed by atoms with Gasteiger partial charge in [-0.05, 0) is 48.9 Å². The monoisotopic (exact) mass is 453 g/mol. The summed E-state index contributed by atoms with van der Waals surface area (Å²) in [5.74, 6) is -0.869. The summed E-state index contributed by atoms with van der Waals surface area (Å²) in [5, 5.41) is 3.96. The van der Waals surface area contributed by atoms with Crippen molar-refractivity contribution in [1.82, 2.24) is 9.55 Å². The quantitative estimate of drug-likeness (QED) is 0.332. The lowest BCUT2D eigenvalue weighted by Gasteiger charge is -2.14. The minimum Gasteiger partial charge on any atom is -0.325 e. The normalized spacial score (nSPS) is 10.9. The molecule has 0 aliphatic rings. The predicted octanol–water partition coefficient (Wildman–Crippen LogP) is 5.22. The van der Waals surface area contributed by atoms with Gasteiger partial charge in [-0.25, -0.2) is 9.37 Å². The molecule has 1 heterocycles. The number of hydrogen-bond donors (Lipinski definition) is 1. The van der Waals surface area contributed by atoms with E-state index in [0.29, 0.717) is 21.6 Å². The number of fused-ring (bicyclic) bond motifs is 1. The summed E-state index contributed by atoms with van der Waals surface area (Å²) in [7, 11) is 0. The molecular formula is C23H17ClFN3O2S. The SMILES string of the molecule is Cc1c(Cl)cccc1NC(=O)CSc1nc2ccccc2c(=O)n1-c1ccccc1F. The molecule has 0 saturated heterocycles. The predicted molar refractivity (Wildman–Crippen MR) is 123 cm³/mol. The number of nitrogens with one attached hydrogen (secondary N) is 1. The second-order valence-electron chi connectivity index (χ2n) is 6.75. The Morgan fingerprint density at radius 3 is 2.65 bits per heavy atom. The van der Waals surface area contributed by atoms with E-state index in [-0.39, 0.29) is 22.5 Å². The number of halogens is 2. The Hall–Kier alpha value is -3.16. The van der Waals surface area contributed by atoms with Crippen LogP contribution in [0.2, 0.25) is 5.02 Å². The smallest absolute Gasteiger partial charge is 0.266 e. The maximum Gasteiger partial charge on any atom is 0.266 e. The van der Waals surface area contributed by atoms with Gasteiger partial charge in [0, 0.05) is 10.7 Å². The lowest BCUT2D eigenvalue weighted by molar-refractivity contribution is -0.113. The van der Waals surface area contributed by atoms with Crippen LogP contribution in [0.25, 0.3) is 16.6 Å². The standard InChI is InChI=1S/C23H17ClFN3O2S/c1-14-16(24)8-6-11-18(14)26-21(29)13-31-23-27-19-10-4-2-7-15(19)22(30)28(23)20-12-5-3-9-17(20)25/h2-12H,13H2,1H3,(H,26,29). The number of thioether (sulfide) groups is 1. The number of amides is 1. The number of benzene rings is 3. The number of carbonyl (C=O) groups is 1. The van der Waals surface area contributed by atoms with E-state index in [1.165, 1.54) is 16.7 Å². The maximum atomic E-state index is 14.5. The van der Waals surface area contributed by atoms with Crippen LogP contribution in [0.15, 0.2) is 76.7 Å². The first-order valence-corrected chi connectivity index (χ1v) is 10.8. The molecule has 0 unspecified atom stereocenters. The molecular weight excluding hydrogens is 437 g/mol. The second kappa shape index (κ2) is 8.91. The Morgan fingerprint density at radius 1 is 1.10 bits per heavy atom. The Bertz CT molecular complexity index is 1360. The zero-order chi connectivity index (χ0) is 22.0. The highest BCUT2D eigenvalue weighted by molar-refractivity contribution is 7.99. The molecule has 0 aliphatic carbocycles. The number of carbonyl (C=O) groups excluding carboxylic acids is 1. The largest absolute Gasteiger partial charge is 0.325 e. The van der Waals surface area contributed by atoms with Crippen LogP contribution in [0.5, 0.6) is 0 Å². The molecule has 0 spiro atoms. The Labute approximate surface area is 186 Å². The van der Waals surface area contributed by atoms with Crippen molar-refractivity contribution in [3.63, 3.8) is 0 Å². The van der Waals surface area contributed by atoms with Gasteiger partial charge in [-0.1, -0.05) is 53.7 Å². The Balaban J connectivity index is 1.69. The highest BCUT2D eigenvalue weighted by atomic mass is 35.5. The summed E-state index contributed by atoms with van der Waals surface area (Å²) < 4.78 is 15.7. The Morgan fingerprint density at radius 2 is 1.84 bits per heavy atom. The number of hydrogen-bond acceptors (Lipinski definition) is 4. The molecule has 0 radical (unpaired) electrons. The number of anilines is 1. The van der Waals surface area contributed by atoms with Crippen molar-refractivity contribution in [1.29, 1.82) is 0 Å². The van der Waals surface area contributed by atoms with E-state index >= 15 is 0 Å². The highest BCUT2D eigenvalue weighted by Gasteiger charge is 2.17. The topological polar surface area (TPSA) is 64.0 Å². The van der Waals surface area contributed by atoms with Crippen LogP contribution >= 0.6 is 23.4 Å². The van der Waals surface area contributed by atoms with E-state index in [9.17, 15) is 14.0 Å². The van der Waals surface area contributed by atoms with Gasteiger partial charge in [0.15, 0.2) is 5.16 Å². The fraction of sp³-hybridized carbons (Fsp3) is 0.0870. The molecule has 3 aromatic carbocycles. The summed E-state index contributed by atoms with van der Waals surface area (Å²) in [6, 6.07) is 18.1. The maximum absolute atomic E-state index is 14.5. The number of para-hydroxylation sites is 2. The molecule has 1 aromatic heterocycles. The van der Waals surface area contributed by atoms with Crippen LogP contribution in [0.4, 0.5) is 10.1 Å². The molecule has 156 valence electrons. The van der Waals surface area contributed by atoms with E-state index in [0.717, 1.165) is 17.3 Å². The summed E-state index contributed by atoms with van der Waals surface area (Å²) in [4.78, 5) is 30.2. The molecule has 5 nitrogen and oxygen atoms in total. The molecule has 0 atom stereocenters. The molecule has 0 bridgehead atoms. The van der Waals surface area contributed by atoms with Gasteiger partial charge in [-0.15, -0.1) is 0 Å². The first-order chi connectivity index (χ1) is 15.0. The van der Waals surface area contributed by atoms with Crippen LogP contribution in [-0.4, -0.2) is 21.2 Å². The summed E-state index contributed by atoms with van der Waals surface area (Å²) in [6.45, 7) is 1.81. The first kappa shape index (κ1) is 21.1. The van der Waals surface area contributed by atoms with Crippen LogP contribution < -0.4 is 10.9 Å². The van der Waals surface area contributed by atoms with Crippen LogP contribution in [0.3, 0.4) is 0 Å². The van der Waals surface area contributed by atoms with Gasteiger partial charge in [0.05, 0.1) is 22.3 Å². The third-order valence-electron chi connectivity index (χ3n) is 4.71. The Kier molecular flexibility index (Phi) is 6.06. The van der Waals surface area contributed by atoms with Crippen molar-refractivity contribution in [2.45, 2.75) is 12.1 Å². The van der Waals surface area contributed by atoms with E-state index in [2.05, 4.69) is 10.3 Å². The van der Waals surface area contributed by atoms with Gasteiger partial charge in [0.25, 0.3) is 5.56 Å². The molecule has 4 aromatic rings. The van der Waals surface area contributed by atoms with Crippen LogP contribution in [0.1, 0.15) is 5.56 Å². The lowest BCUT2D eigenvalue weighted by Crippen LogP contribution is -2.23. The zero-order valence-electron chi connectivity index (χ0n) is 16.4. The number of rotatable bonds is 5. The van der Waals surface area contributed by atoms with Crippen molar-refractivity contribution in [3.05, 3.63) is 93.5 Å². The molecule has 0 saturated carbocycles. The van der Waals surface area contributed by atoms with Crippen molar-refractivity contribution in [2.75, 3.05) is 11.1 Å². The van der Waals surface area contributed by atoms with Crippen molar-refractivity contribution >= 4 is 45.9 Å². The molecule has 8 heteroatoms. The minimum absolute atomic E-state index is 0.0226. The third-order valence-corrected chi connectivity index (χ3v) is 6.06. The molecule has 31 heavy (non-hydrogen) atoms. The van der Waals surface area contributed by atoms with E-state index in [1.807, 2.05) is 6.92 Å². The second-order valence-corrected chi connectivity index (χ2v) is 8.10. The van der Waals surface area contributed by atoms with Crippen LogP contribution in [-0.2, 0) is 4.79 Å². The number of nitrogens with zero attached hydrogens (tertiary/aromatic N) is 2. The summed E-state index contributed by atoms with van der Waals surface area (Å²) in [5.41, 5.74) is 1.53. The molecule has 0 fully saturated rings. The minimum atomic E-state index is -0.553. The highest BCUT2D eigenvalue weighted by Crippen LogP contribution is 2.25. The zero-order valence-corrected chi connectivity index (χ0v) is 18.0. The van der Waals surface area contributed by atoms with Crippen molar-refractivity contribution < 1.29 is 9.18 Å². The number of aromatic nitrogens is 2. The van der Waals surface area contributed by atoms with Gasteiger partial charge < -0.3 is 5.32 Å². The van der Waals surface area contributed by atoms with Gasteiger partial charge in [0.2, 0.25) is 5.91 Å². The van der Waals surface area contributed by atoms with Crippen LogP contribution in [0, 0.1) is 12.7 Å². The van der Waals surface area contributed by atoms with Crippen molar-refractivity contribution in [2.24, 2.45) is 0 Å². The van der Waals surface area contributed by atoms with E-state index in [1.54, 1.807) is 54.6 Å². The average molecular weight is 454 g/mol. The van der Waals surface area contributed by atoms with E-state index in [4.69, 9.17) is 11.6 Å². The molecule has 4 rings (SSSR count). The molecule has 1 N–H and O–H groups in total. The van der Waals surface area contributed by atoms with Gasteiger partial charge in [0.1, 0.15) is 5.82 Å². The van der Waals surface area contributed by atoms with Gasteiger partial charge in [-0.2, -0.15) is 0 Å². The fourth-order valence-corrected chi connectivity index (χ4v) is 4.09. The van der Waals surface area contributed by atoms with Gasteiger partial charge in [-0.3, -0.25) is 14.2 Å². The van der Waals surface area contributed by atoms with Crippen molar-refractivity contribution in [3.8, 4) is 5.69 Å². The van der Waals surface area contributed by atoms with E-state index < -0.39 is 11.4 Å². The molecule has 1 amide bonds. The average Bonchev–Trinajstić information content (AvgIpc) is 2.76. The third kappa shape index (κ3) is 4.33. The molecule has 0 aliphatic heterocycles. The summed E-state index contributed by atoms with van der Waals surface area (Å²) in [6.07, 6.45) is 0. The lowest BCUT2D eigenvalue weighted by atomic mass is 10.2. The van der Waals surface area contributed by atoms with Gasteiger partial charge >= 0.3 is 0 Å². The summed E-state index contributed by atoms with van der Waals surface area (Å²) >= 11 is 7.16. The fourth-order valence-electron chi connectivity index (χ4n) is 3.11. The first-order valence-electron chi connectivity index (χ1n) is 9.40.